The SMILES string of the molecule is CC1=CC2CC1C1C(=O)N(c3ccc(C(=O)OCC(=O)c4ccc(F)cc4)cc3)C(=O)C21. The van der Waals surface area contributed by atoms with E-state index in [9.17, 15) is 23.6 Å². The number of amides is 2. The summed E-state index contributed by atoms with van der Waals surface area (Å²) in [6.45, 7) is 1.54. The lowest BCUT2D eigenvalue weighted by atomic mass is 9.82. The molecule has 7 heteroatoms. The van der Waals surface area contributed by atoms with Gasteiger partial charge in [0.25, 0.3) is 0 Å². The predicted molar refractivity (Wildman–Crippen MR) is 112 cm³/mol. The Hall–Kier alpha value is -3.61. The molecule has 32 heavy (non-hydrogen) atoms. The Morgan fingerprint density at radius 3 is 2.28 bits per heavy atom. The maximum Gasteiger partial charge on any atom is 0.338 e. The maximum absolute atomic E-state index is 13.0. The largest absolute Gasteiger partial charge is 0.454 e. The molecule has 0 radical (unpaired) electrons. The fourth-order valence-electron chi connectivity index (χ4n) is 5.21. The number of halogens is 1. The second kappa shape index (κ2) is 7.51. The minimum Gasteiger partial charge on any atom is -0.454 e. The third-order valence-corrected chi connectivity index (χ3v) is 6.74. The van der Waals surface area contributed by atoms with Gasteiger partial charge in [-0.3, -0.25) is 19.3 Å². The van der Waals surface area contributed by atoms with Crippen LogP contribution in [0.4, 0.5) is 10.1 Å². The Labute approximate surface area is 183 Å². The second-order valence-corrected chi connectivity index (χ2v) is 8.53. The summed E-state index contributed by atoms with van der Waals surface area (Å²) in [5, 5.41) is 0. The lowest BCUT2D eigenvalue weighted by Gasteiger charge is -2.19. The van der Waals surface area contributed by atoms with E-state index in [1.54, 1.807) is 0 Å². The first-order valence-electron chi connectivity index (χ1n) is 10.5. The summed E-state index contributed by atoms with van der Waals surface area (Å²) in [7, 11) is 0. The minimum atomic E-state index is -0.708. The Morgan fingerprint density at radius 1 is 0.969 bits per heavy atom. The number of nitrogens with zero attached hydrogens (tertiary/aromatic N) is 1. The number of carbonyl (C=O) groups excluding carboxylic acids is 4. The highest BCUT2D eigenvalue weighted by Crippen LogP contribution is 2.55. The molecule has 2 aromatic rings. The molecule has 6 nitrogen and oxygen atoms in total. The van der Waals surface area contributed by atoms with E-state index in [0.717, 1.165) is 18.6 Å². The minimum absolute atomic E-state index is 0.124. The van der Waals surface area contributed by atoms with Gasteiger partial charge in [-0.15, -0.1) is 0 Å². The molecule has 1 aliphatic heterocycles. The molecule has 3 aliphatic rings. The van der Waals surface area contributed by atoms with Crippen LogP contribution < -0.4 is 4.90 Å². The van der Waals surface area contributed by atoms with Crippen LogP contribution in [0.25, 0.3) is 0 Å². The molecule has 2 aliphatic carbocycles. The van der Waals surface area contributed by atoms with E-state index in [4.69, 9.17) is 4.74 Å². The zero-order chi connectivity index (χ0) is 22.6. The van der Waals surface area contributed by atoms with Crippen LogP contribution in [0.1, 0.15) is 34.1 Å². The number of rotatable bonds is 5. The van der Waals surface area contributed by atoms with Crippen molar-refractivity contribution in [3.8, 4) is 0 Å². The van der Waals surface area contributed by atoms with Gasteiger partial charge in [0.1, 0.15) is 5.82 Å². The fourth-order valence-corrected chi connectivity index (χ4v) is 5.21. The average Bonchev–Trinajstić information content (AvgIpc) is 3.42. The lowest BCUT2D eigenvalue weighted by molar-refractivity contribution is -0.123. The Morgan fingerprint density at radius 2 is 1.59 bits per heavy atom. The number of esters is 1. The highest BCUT2D eigenvalue weighted by molar-refractivity contribution is 6.23. The van der Waals surface area contributed by atoms with E-state index in [1.165, 1.54) is 46.9 Å². The van der Waals surface area contributed by atoms with Gasteiger partial charge in [0.2, 0.25) is 11.8 Å². The number of ether oxygens (including phenoxy) is 1. The monoisotopic (exact) mass is 433 g/mol. The molecule has 1 heterocycles. The van der Waals surface area contributed by atoms with Crippen molar-refractivity contribution >= 4 is 29.3 Å². The van der Waals surface area contributed by atoms with Gasteiger partial charge in [-0.25, -0.2) is 9.18 Å². The molecule has 162 valence electrons. The van der Waals surface area contributed by atoms with E-state index < -0.39 is 24.2 Å². The van der Waals surface area contributed by atoms with Crippen molar-refractivity contribution in [1.29, 1.82) is 0 Å². The molecule has 4 atom stereocenters. The molecule has 1 saturated carbocycles. The molecule has 0 aromatic heterocycles. The third-order valence-electron chi connectivity index (χ3n) is 6.74. The van der Waals surface area contributed by atoms with E-state index in [1.807, 2.05) is 6.92 Å². The molecule has 2 bridgehead atoms. The molecule has 5 rings (SSSR count). The first-order chi connectivity index (χ1) is 15.3. The summed E-state index contributed by atoms with van der Waals surface area (Å²) in [6, 6.07) is 11.0. The number of anilines is 1. The van der Waals surface area contributed by atoms with Crippen LogP contribution >= 0.6 is 0 Å². The molecule has 2 amide bonds. The van der Waals surface area contributed by atoms with Gasteiger partial charge >= 0.3 is 5.97 Å². The predicted octanol–water partition coefficient (Wildman–Crippen LogP) is 3.57. The van der Waals surface area contributed by atoms with E-state index >= 15 is 0 Å². The zero-order valence-electron chi connectivity index (χ0n) is 17.3. The van der Waals surface area contributed by atoms with Crippen LogP contribution in [-0.2, 0) is 14.3 Å². The smallest absolute Gasteiger partial charge is 0.338 e. The van der Waals surface area contributed by atoms with Crippen molar-refractivity contribution in [1.82, 2.24) is 0 Å². The van der Waals surface area contributed by atoms with Crippen LogP contribution in [0.3, 0.4) is 0 Å². The first-order valence-corrected chi connectivity index (χ1v) is 10.5. The topological polar surface area (TPSA) is 80.8 Å². The van der Waals surface area contributed by atoms with Gasteiger partial charge in [0.15, 0.2) is 12.4 Å². The Balaban J connectivity index is 1.25. The van der Waals surface area contributed by atoms with Crippen LogP contribution in [-0.4, -0.2) is 30.2 Å². The highest BCUT2D eigenvalue weighted by Gasteiger charge is 2.60. The van der Waals surface area contributed by atoms with Crippen molar-refractivity contribution in [3.63, 3.8) is 0 Å². The fraction of sp³-hybridized carbons (Fsp3) is 0.280. The van der Waals surface area contributed by atoms with Gasteiger partial charge in [0.05, 0.1) is 23.1 Å². The number of benzene rings is 2. The Bertz CT molecular complexity index is 1170. The van der Waals surface area contributed by atoms with Crippen molar-refractivity contribution in [2.45, 2.75) is 13.3 Å². The van der Waals surface area contributed by atoms with Crippen molar-refractivity contribution in [3.05, 3.63) is 77.1 Å². The molecule has 2 aromatic carbocycles. The van der Waals surface area contributed by atoms with Gasteiger partial charge in [-0.05, 0) is 73.7 Å². The summed E-state index contributed by atoms with van der Waals surface area (Å²) < 4.78 is 18.0. The van der Waals surface area contributed by atoms with E-state index in [0.29, 0.717) is 5.69 Å². The molecular weight excluding hydrogens is 413 g/mol. The van der Waals surface area contributed by atoms with Gasteiger partial charge in [0, 0.05) is 5.56 Å². The summed E-state index contributed by atoms with van der Waals surface area (Å²) in [5.74, 6) is -2.31. The highest BCUT2D eigenvalue weighted by atomic mass is 19.1. The van der Waals surface area contributed by atoms with Crippen LogP contribution in [0.5, 0.6) is 0 Å². The summed E-state index contributed by atoms with van der Waals surface area (Å²) >= 11 is 0. The number of hydrogen-bond acceptors (Lipinski definition) is 5. The van der Waals surface area contributed by atoms with Crippen LogP contribution in [0.2, 0.25) is 0 Å². The average molecular weight is 433 g/mol. The number of carbonyl (C=O) groups is 4. The first kappa shape index (κ1) is 20.3. The number of allylic oxidation sites excluding steroid dienone is 2. The molecule has 2 fully saturated rings. The van der Waals surface area contributed by atoms with E-state index in [-0.39, 0.29) is 46.6 Å². The third kappa shape index (κ3) is 3.16. The van der Waals surface area contributed by atoms with Crippen LogP contribution in [0.15, 0.2) is 60.2 Å². The number of Topliss-reactive ketones (excluding diaryl/α,β-unsaturated/α-hetero) is 1. The summed E-state index contributed by atoms with van der Waals surface area (Å²) in [6.07, 6.45) is 2.99. The summed E-state index contributed by atoms with van der Waals surface area (Å²) in [4.78, 5) is 51.6. The normalized spacial score (nSPS) is 25.7. The molecule has 1 saturated heterocycles. The number of hydrogen-bond donors (Lipinski definition) is 0. The zero-order valence-corrected chi connectivity index (χ0v) is 17.3. The number of fused-ring (bicyclic) bond motifs is 5. The number of ketones is 1. The molecule has 0 N–H and O–H groups in total. The maximum atomic E-state index is 13.0. The molecule has 4 unspecified atom stereocenters. The lowest BCUT2D eigenvalue weighted by Crippen LogP contribution is -2.32. The standard InChI is InChI=1S/C25H20FNO5/c1-13-10-16-11-19(13)22-21(16)23(29)27(24(22)30)18-8-4-15(5-9-18)25(31)32-12-20(28)14-2-6-17(26)7-3-14/h2-10,16,19,21-22H,11-12H2,1H3. The van der Waals surface area contributed by atoms with Crippen molar-refractivity contribution < 1.29 is 28.3 Å². The second-order valence-electron chi connectivity index (χ2n) is 8.53. The van der Waals surface area contributed by atoms with E-state index in [2.05, 4.69) is 6.08 Å². The van der Waals surface area contributed by atoms with Crippen molar-refractivity contribution in [2.24, 2.45) is 23.7 Å². The quantitative estimate of drug-likeness (QED) is 0.312. The summed E-state index contributed by atoms with van der Waals surface area (Å²) in [5.41, 5.74) is 2.04. The molecule has 0 spiro atoms. The van der Waals surface area contributed by atoms with Gasteiger partial charge in [-0.1, -0.05) is 11.6 Å². The number of imide groups is 1. The van der Waals surface area contributed by atoms with Gasteiger partial charge < -0.3 is 4.74 Å². The van der Waals surface area contributed by atoms with Crippen molar-refractivity contribution in [2.75, 3.05) is 11.5 Å². The Kier molecular flexibility index (Phi) is 4.77. The molecular formula is C25H20FNO5. The van der Waals surface area contributed by atoms with Gasteiger partial charge in [-0.2, -0.15) is 0 Å². The van der Waals surface area contributed by atoms with Crippen LogP contribution in [0, 0.1) is 29.5 Å².